The van der Waals surface area contributed by atoms with Gasteiger partial charge in [-0.2, -0.15) is 12.6 Å². The van der Waals surface area contributed by atoms with Crippen LogP contribution in [0.25, 0.3) is 0 Å². The minimum Gasteiger partial charge on any atom is -0.297 e. The van der Waals surface area contributed by atoms with E-state index in [9.17, 15) is 0 Å². The van der Waals surface area contributed by atoms with Gasteiger partial charge in [0.15, 0.2) is 0 Å². The molecule has 1 aliphatic heterocycles. The van der Waals surface area contributed by atoms with Crippen LogP contribution in [0, 0.1) is 0 Å². The van der Waals surface area contributed by atoms with Gasteiger partial charge in [0.05, 0.1) is 0 Å². The van der Waals surface area contributed by atoms with Gasteiger partial charge in [0.1, 0.15) is 0 Å². The summed E-state index contributed by atoms with van der Waals surface area (Å²) in [5, 5.41) is 0.528. The fourth-order valence-electron chi connectivity index (χ4n) is 1.97. The summed E-state index contributed by atoms with van der Waals surface area (Å²) < 4.78 is 0. The lowest BCUT2D eigenvalue weighted by Crippen LogP contribution is -2.39. The summed E-state index contributed by atoms with van der Waals surface area (Å²) in [6.45, 7) is 8.02. The molecule has 0 N–H and O–H groups in total. The molecule has 0 aromatic carbocycles. The van der Waals surface area contributed by atoms with Gasteiger partial charge >= 0.3 is 0 Å². The van der Waals surface area contributed by atoms with Crippen LogP contribution in [0.3, 0.4) is 0 Å². The summed E-state index contributed by atoms with van der Waals surface area (Å²) in [4.78, 5) is 2.57. The van der Waals surface area contributed by atoms with Crippen molar-refractivity contribution in [2.75, 3.05) is 6.54 Å². The number of nitrogens with zero attached hydrogens (tertiary/aromatic N) is 1. The number of thiol groups is 1. The van der Waals surface area contributed by atoms with Crippen LogP contribution in [0.1, 0.15) is 33.6 Å². The van der Waals surface area contributed by atoms with Crippen molar-refractivity contribution in [3.8, 4) is 0 Å². The van der Waals surface area contributed by atoms with Crippen LogP contribution in [0.15, 0.2) is 0 Å². The van der Waals surface area contributed by atoms with Gasteiger partial charge in [-0.05, 0) is 33.2 Å². The minimum atomic E-state index is 0.528. The number of likely N-dealkylation sites (tertiary alicyclic amines) is 1. The summed E-state index contributed by atoms with van der Waals surface area (Å²) >= 11 is 4.51. The third kappa shape index (κ3) is 2.12. The van der Waals surface area contributed by atoms with Crippen molar-refractivity contribution in [2.24, 2.45) is 0 Å². The minimum absolute atomic E-state index is 0.528. The second-order valence-corrected chi connectivity index (χ2v) is 4.60. The average molecular weight is 173 g/mol. The zero-order valence-electron chi connectivity index (χ0n) is 7.75. The van der Waals surface area contributed by atoms with Gasteiger partial charge in [0, 0.05) is 17.3 Å². The van der Waals surface area contributed by atoms with Gasteiger partial charge in [-0.3, -0.25) is 4.90 Å². The van der Waals surface area contributed by atoms with Crippen molar-refractivity contribution in [3.63, 3.8) is 0 Å². The van der Waals surface area contributed by atoms with Gasteiger partial charge in [0.25, 0.3) is 0 Å². The fraction of sp³-hybridized carbons (Fsp3) is 1.00. The molecule has 1 aliphatic rings. The van der Waals surface area contributed by atoms with E-state index >= 15 is 0 Å². The molecular weight excluding hydrogens is 154 g/mol. The maximum atomic E-state index is 4.51. The van der Waals surface area contributed by atoms with Crippen LogP contribution in [0.4, 0.5) is 0 Å². The third-order valence-electron chi connectivity index (χ3n) is 2.56. The molecule has 1 heterocycles. The van der Waals surface area contributed by atoms with Gasteiger partial charge in [0.2, 0.25) is 0 Å². The molecule has 0 aromatic heterocycles. The van der Waals surface area contributed by atoms with Crippen molar-refractivity contribution in [2.45, 2.75) is 50.9 Å². The Labute approximate surface area is 75.6 Å². The van der Waals surface area contributed by atoms with Crippen molar-refractivity contribution >= 4 is 12.6 Å². The first-order chi connectivity index (χ1) is 5.13. The Bertz CT molecular complexity index is 109. The molecule has 1 saturated heterocycles. The Morgan fingerprint density at radius 3 is 2.36 bits per heavy atom. The lowest BCUT2D eigenvalue weighted by molar-refractivity contribution is 0.204. The molecular formula is C9H19NS. The van der Waals surface area contributed by atoms with E-state index in [-0.39, 0.29) is 0 Å². The molecule has 66 valence electrons. The summed E-state index contributed by atoms with van der Waals surface area (Å²) in [6.07, 6.45) is 2.69. The molecule has 2 atom stereocenters. The predicted octanol–water partition coefficient (Wildman–Crippen LogP) is 2.18. The molecule has 0 aromatic rings. The van der Waals surface area contributed by atoms with Crippen LogP contribution in [-0.4, -0.2) is 28.8 Å². The van der Waals surface area contributed by atoms with Crippen molar-refractivity contribution in [1.29, 1.82) is 0 Å². The van der Waals surface area contributed by atoms with E-state index in [0.29, 0.717) is 11.3 Å². The Balaban J connectivity index is 2.51. The maximum Gasteiger partial charge on any atom is 0.0212 e. The highest BCUT2D eigenvalue weighted by Gasteiger charge is 2.28. The Hall–Kier alpha value is 0.310. The predicted molar refractivity (Wildman–Crippen MR) is 53.3 cm³/mol. The highest BCUT2D eigenvalue weighted by Crippen LogP contribution is 2.24. The van der Waals surface area contributed by atoms with Crippen LogP contribution >= 0.6 is 12.6 Å². The number of hydrogen-bond acceptors (Lipinski definition) is 2. The molecule has 2 heteroatoms. The lowest BCUT2D eigenvalue weighted by Gasteiger charge is -2.30. The molecule has 0 radical (unpaired) electrons. The number of hydrogen-bond donors (Lipinski definition) is 1. The number of rotatable bonds is 2. The van der Waals surface area contributed by atoms with Crippen molar-refractivity contribution in [1.82, 2.24) is 4.90 Å². The van der Waals surface area contributed by atoms with E-state index in [4.69, 9.17) is 0 Å². The third-order valence-corrected chi connectivity index (χ3v) is 2.91. The van der Waals surface area contributed by atoms with E-state index in [1.54, 1.807) is 0 Å². The Morgan fingerprint density at radius 1 is 1.36 bits per heavy atom. The van der Waals surface area contributed by atoms with Crippen LogP contribution in [0.5, 0.6) is 0 Å². The molecule has 0 amide bonds. The summed E-state index contributed by atoms with van der Waals surface area (Å²) in [6, 6.07) is 1.41. The second-order valence-electron chi connectivity index (χ2n) is 3.78. The van der Waals surface area contributed by atoms with Crippen molar-refractivity contribution < 1.29 is 0 Å². The zero-order chi connectivity index (χ0) is 8.43. The molecule has 0 saturated carbocycles. The zero-order valence-corrected chi connectivity index (χ0v) is 8.64. The maximum absolute atomic E-state index is 4.51. The van der Waals surface area contributed by atoms with E-state index in [1.807, 2.05) is 0 Å². The summed E-state index contributed by atoms with van der Waals surface area (Å²) in [5.74, 6) is 0. The molecule has 1 nitrogen and oxygen atoms in total. The van der Waals surface area contributed by atoms with E-state index in [1.165, 1.54) is 19.4 Å². The Kier molecular flexibility index (Phi) is 3.26. The second kappa shape index (κ2) is 3.81. The highest BCUT2D eigenvalue weighted by molar-refractivity contribution is 7.81. The molecule has 1 fully saturated rings. The molecule has 1 rings (SSSR count). The molecule has 0 bridgehead atoms. The first-order valence-electron chi connectivity index (χ1n) is 4.56. The standard InChI is InChI=1S/C9H19NS/c1-7(2)10-6-4-5-9(10)8(3)11/h7-9,11H,4-6H2,1-3H3. The largest absolute Gasteiger partial charge is 0.297 e. The van der Waals surface area contributed by atoms with E-state index < -0.39 is 0 Å². The summed E-state index contributed by atoms with van der Waals surface area (Å²) in [7, 11) is 0. The molecule has 11 heavy (non-hydrogen) atoms. The van der Waals surface area contributed by atoms with Gasteiger partial charge in [-0.15, -0.1) is 0 Å². The molecule has 0 spiro atoms. The molecule has 0 aliphatic carbocycles. The first-order valence-corrected chi connectivity index (χ1v) is 5.08. The molecule has 2 unspecified atom stereocenters. The van der Waals surface area contributed by atoms with E-state index in [2.05, 4.69) is 38.3 Å². The lowest BCUT2D eigenvalue weighted by atomic mass is 10.1. The monoisotopic (exact) mass is 173 g/mol. The van der Waals surface area contributed by atoms with Gasteiger partial charge in [-0.25, -0.2) is 0 Å². The normalized spacial score (nSPS) is 29.7. The summed E-state index contributed by atoms with van der Waals surface area (Å²) in [5.41, 5.74) is 0. The van der Waals surface area contributed by atoms with Gasteiger partial charge in [-0.1, -0.05) is 6.92 Å². The van der Waals surface area contributed by atoms with Crippen LogP contribution in [0.2, 0.25) is 0 Å². The first kappa shape index (κ1) is 9.40. The highest BCUT2D eigenvalue weighted by atomic mass is 32.1. The van der Waals surface area contributed by atoms with Crippen molar-refractivity contribution in [3.05, 3.63) is 0 Å². The smallest absolute Gasteiger partial charge is 0.0212 e. The topological polar surface area (TPSA) is 3.24 Å². The van der Waals surface area contributed by atoms with E-state index in [0.717, 1.165) is 6.04 Å². The quantitative estimate of drug-likeness (QED) is 0.626. The van der Waals surface area contributed by atoms with Gasteiger partial charge < -0.3 is 0 Å². The fourth-order valence-corrected chi connectivity index (χ4v) is 2.29. The Morgan fingerprint density at radius 2 is 2.00 bits per heavy atom. The van der Waals surface area contributed by atoms with Crippen LogP contribution < -0.4 is 0 Å². The average Bonchev–Trinajstić information content (AvgIpc) is 2.32. The SMILES string of the molecule is CC(S)C1CCCN1C(C)C. The van der Waals surface area contributed by atoms with Crippen LogP contribution in [-0.2, 0) is 0 Å².